The number of benzene rings is 1. The SMILES string of the molecule is CCCN1CCC(c2ccc(CCN)cc2)CC1. The predicted molar refractivity (Wildman–Crippen MR) is 77.9 cm³/mol. The molecule has 18 heavy (non-hydrogen) atoms. The standard InChI is InChI=1S/C16H26N2/c1-2-11-18-12-8-16(9-13-18)15-5-3-14(4-6-15)7-10-17/h3-6,16H,2,7-13,17H2,1H3. The highest BCUT2D eigenvalue weighted by Crippen LogP contribution is 2.28. The molecule has 1 aromatic carbocycles. The van der Waals surface area contributed by atoms with Gasteiger partial charge in [0.15, 0.2) is 0 Å². The second kappa shape index (κ2) is 6.91. The summed E-state index contributed by atoms with van der Waals surface area (Å²) >= 11 is 0. The van der Waals surface area contributed by atoms with E-state index in [0.717, 1.165) is 18.9 Å². The third-order valence-electron chi connectivity index (χ3n) is 4.01. The van der Waals surface area contributed by atoms with E-state index < -0.39 is 0 Å². The molecule has 0 aromatic heterocycles. The molecule has 0 atom stereocenters. The maximum atomic E-state index is 5.58. The molecule has 2 rings (SSSR count). The van der Waals surface area contributed by atoms with Gasteiger partial charge in [0.05, 0.1) is 0 Å². The number of hydrogen-bond acceptors (Lipinski definition) is 2. The van der Waals surface area contributed by atoms with Crippen LogP contribution >= 0.6 is 0 Å². The van der Waals surface area contributed by atoms with Crippen molar-refractivity contribution in [3.63, 3.8) is 0 Å². The second-order valence-electron chi connectivity index (χ2n) is 5.40. The van der Waals surface area contributed by atoms with E-state index in [2.05, 4.69) is 36.1 Å². The van der Waals surface area contributed by atoms with E-state index in [4.69, 9.17) is 5.73 Å². The van der Waals surface area contributed by atoms with Gasteiger partial charge < -0.3 is 10.6 Å². The van der Waals surface area contributed by atoms with Gasteiger partial charge in [0.2, 0.25) is 0 Å². The van der Waals surface area contributed by atoms with Crippen molar-refractivity contribution in [3.05, 3.63) is 35.4 Å². The normalized spacial score (nSPS) is 18.1. The van der Waals surface area contributed by atoms with Crippen molar-refractivity contribution in [2.24, 2.45) is 5.73 Å². The van der Waals surface area contributed by atoms with Gasteiger partial charge >= 0.3 is 0 Å². The monoisotopic (exact) mass is 246 g/mol. The summed E-state index contributed by atoms with van der Waals surface area (Å²) in [6, 6.07) is 9.12. The number of piperidine rings is 1. The molecule has 1 aliphatic rings. The van der Waals surface area contributed by atoms with Crippen LogP contribution in [-0.2, 0) is 6.42 Å². The van der Waals surface area contributed by atoms with Gasteiger partial charge in [0.25, 0.3) is 0 Å². The smallest absolute Gasteiger partial charge is 0.00129 e. The van der Waals surface area contributed by atoms with E-state index in [-0.39, 0.29) is 0 Å². The molecule has 1 fully saturated rings. The minimum absolute atomic E-state index is 0.745. The fraction of sp³-hybridized carbons (Fsp3) is 0.625. The van der Waals surface area contributed by atoms with Gasteiger partial charge in [-0.15, -0.1) is 0 Å². The molecule has 2 N–H and O–H groups in total. The zero-order valence-electron chi connectivity index (χ0n) is 11.6. The first kappa shape index (κ1) is 13.6. The highest BCUT2D eigenvalue weighted by molar-refractivity contribution is 5.26. The lowest BCUT2D eigenvalue weighted by Gasteiger charge is -2.32. The van der Waals surface area contributed by atoms with Crippen LogP contribution in [-0.4, -0.2) is 31.1 Å². The van der Waals surface area contributed by atoms with Crippen molar-refractivity contribution in [1.29, 1.82) is 0 Å². The summed E-state index contributed by atoms with van der Waals surface area (Å²) in [7, 11) is 0. The van der Waals surface area contributed by atoms with Crippen molar-refractivity contribution in [3.8, 4) is 0 Å². The Morgan fingerprint density at radius 2 is 1.83 bits per heavy atom. The Bertz CT molecular complexity index is 337. The average molecular weight is 246 g/mol. The highest BCUT2D eigenvalue weighted by Gasteiger charge is 2.19. The first-order valence-electron chi connectivity index (χ1n) is 7.34. The molecule has 1 aliphatic heterocycles. The van der Waals surface area contributed by atoms with Crippen molar-refractivity contribution < 1.29 is 0 Å². The fourth-order valence-corrected chi connectivity index (χ4v) is 2.93. The lowest BCUT2D eigenvalue weighted by Crippen LogP contribution is -2.33. The van der Waals surface area contributed by atoms with E-state index in [9.17, 15) is 0 Å². The molecule has 0 bridgehead atoms. The third-order valence-corrected chi connectivity index (χ3v) is 4.01. The number of nitrogens with zero attached hydrogens (tertiary/aromatic N) is 1. The van der Waals surface area contributed by atoms with Gasteiger partial charge in [-0.2, -0.15) is 0 Å². The lowest BCUT2D eigenvalue weighted by atomic mass is 9.89. The number of nitrogens with two attached hydrogens (primary N) is 1. The Morgan fingerprint density at radius 1 is 1.17 bits per heavy atom. The van der Waals surface area contributed by atoms with Crippen LogP contribution < -0.4 is 5.73 Å². The van der Waals surface area contributed by atoms with E-state index in [0.29, 0.717) is 0 Å². The van der Waals surface area contributed by atoms with Gasteiger partial charge in [-0.25, -0.2) is 0 Å². The second-order valence-corrected chi connectivity index (χ2v) is 5.40. The van der Waals surface area contributed by atoms with Crippen LogP contribution in [0, 0.1) is 0 Å². The maximum absolute atomic E-state index is 5.58. The summed E-state index contributed by atoms with van der Waals surface area (Å²) in [5, 5.41) is 0. The van der Waals surface area contributed by atoms with Crippen molar-refractivity contribution >= 4 is 0 Å². The van der Waals surface area contributed by atoms with Crippen molar-refractivity contribution in [2.75, 3.05) is 26.2 Å². The number of hydrogen-bond donors (Lipinski definition) is 1. The Morgan fingerprint density at radius 3 is 2.39 bits per heavy atom. The molecule has 0 spiro atoms. The Balaban J connectivity index is 1.89. The molecule has 100 valence electrons. The van der Waals surface area contributed by atoms with Crippen LogP contribution in [0.5, 0.6) is 0 Å². The molecule has 0 saturated carbocycles. The van der Waals surface area contributed by atoms with E-state index in [1.54, 1.807) is 0 Å². The van der Waals surface area contributed by atoms with E-state index in [1.165, 1.54) is 50.0 Å². The molecule has 1 aromatic rings. The van der Waals surface area contributed by atoms with Crippen LogP contribution in [0.15, 0.2) is 24.3 Å². The molecule has 1 saturated heterocycles. The van der Waals surface area contributed by atoms with Crippen molar-refractivity contribution in [1.82, 2.24) is 4.90 Å². The molecule has 1 heterocycles. The molecule has 0 aliphatic carbocycles. The van der Waals surface area contributed by atoms with Crippen molar-refractivity contribution in [2.45, 2.75) is 38.5 Å². The molecule has 0 amide bonds. The quantitative estimate of drug-likeness (QED) is 0.865. The Hall–Kier alpha value is -0.860. The number of rotatable bonds is 5. The van der Waals surface area contributed by atoms with Gasteiger partial charge in [0, 0.05) is 0 Å². The van der Waals surface area contributed by atoms with Crippen LogP contribution in [0.2, 0.25) is 0 Å². The zero-order chi connectivity index (χ0) is 12.8. The molecule has 0 radical (unpaired) electrons. The highest BCUT2D eigenvalue weighted by atomic mass is 15.1. The Labute approximate surface area is 111 Å². The van der Waals surface area contributed by atoms with Gasteiger partial charge in [-0.1, -0.05) is 31.2 Å². The molecular weight excluding hydrogens is 220 g/mol. The van der Waals surface area contributed by atoms with Crippen LogP contribution in [0.1, 0.15) is 43.2 Å². The summed E-state index contributed by atoms with van der Waals surface area (Å²) < 4.78 is 0. The largest absolute Gasteiger partial charge is 0.330 e. The number of likely N-dealkylation sites (tertiary alicyclic amines) is 1. The maximum Gasteiger partial charge on any atom is -0.00129 e. The zero-order valence-corrected chi connectivity index (χ0v) is 11.6. The topological polar surface area (TPSA) is 29.3 Å². The molecule has 2 nitrogen and oxygen atoms in total. The summed E-state index contributed by atoms with van der Waals surface area (Å²) in [6.07, 6.45) is 4.90. The van der Waals surface area contributed by atoms with Gasteiger partial charge in [-0.05, 0) is 68.9 Å². The van der Waals surface area contributed by atoms with E-state index >= 15 is 0 Å². The van der Waals surface area contributed by atoms with Crippen LogP contribution in [0.4, 0.5) is 0 Å². The average Bonchev–Trinajstić information content (AvgIpc) is 2.41. The lowest BCUT2D eigenvalue weighted by molar-refractivity contribution is 0.213. The minimum atomic E-state index is 0.745. The minimum Gasteiger partial charge on any atom is -0.330 e. The summed E-state index contributed by atoms with van der Waals surface area (Å²) in [5.74, 6) is 0.769. The molecular formula is C16H26N2. The summed E-state index contributed by atoms with van der Waals surface area (Å²) in [4.78, 5) is 2.60. The summed E-state index contributed by atoms with van der Waals surface area (Å²) in [6.45, 7) is 6.81. The third kappa shape index (κ3) is 3.56. The predicted octanol–water partition coefficient (Wildman–Crippen LogP) is 2.78. The summed E-state index contributed by atoms with van der Waals surface area (Å²) in [5.41, 5.74) is 8.47. The molecule has 0 unspecified atom stereocenters. The first-order chi connectivity index (χ1) is 8.83. The Kier molecular flexibility index (Phi) is 5.21. The van der Waals surface area contributed by atoms with Crippen LogP contribution in [0.25, 0.3) is 0 Å². The fourth-order valence-electron chi connectivity index (χ4n) is 2.93. The first-order valence-corrected chi connectivity index (χ1v) is 7.34. The van der Waals surface area contributed by atoms with Gasteiger partial charge in [0.1, 0.15) is 0 Å². The van der Waals surface area contributed by atoms with E-state index in [1.807, 2.05) is 0 Å². The molecule has 2 heteroatoms. The van der Waals surface area contributed by atoms with Crippen LogP contribution in [0.3, 0.4) is 0 Å². The van der Waals surface area contributed by atoms with Gasteiger partial charge in [-0.3, -0.25) is 0 Å².